The zero-order valence-corrected chi connectivity index (χ0v) is 26.3. The quantitative estimate of drug-likeness (QED) is 0.267. The molecule has 1 atom stereocenters. The Morgan fingerprint density at radius 3 is 2.49 bits per heavy atom. The van der Waals surface area contributed by atoms with Crippen LogP contribution in [0.1, 0.15) is 29.5 Å². The first-order chi connectivity index (χ1) is 20.7. The second-order valence-electron chi connectivity index (χ2n) is 10.7. The normalized spacial score (nSPS) is 16.7. The molecule has 2 amide bonds. The number of piperazine rings is 1. The molecule has 1 saturated heterocycles. The average molecular weight is 647 g/mol. The van der Waals surface area contributed by atoms with Crippen LogP contribution >= 0.6 is 34.8 Å². The number of amides is 2. The van der Waals surface area contributed by atoms with Gasteiger partial charge in [0, 0.05) is 36.8 Å². The summed E-state index contributed by atoms with van der Waals surface area (Å²) < 4.78 is 11.4. The molecule has 1 aliphatic heterocycles. The summed E-state index contributed by atoms with van der Waals surface area (Å²) in [6.45, 7) is 3.85. The van der Waals surface area contributed by atoms with Crippen molar-refractivity contribution in [2.45, 2.75) is 44.9 Å². The van der Waals surface area contributed by atoms with Crippen LogP contribution in [0, 0.1) is 6.92 Å². The number of anilines is 1. The molecule has 2 aliphatic rings. The van der Waals surface area contributed by atoms with Crippen LogP contribution in [0.2, 0.25) is 15.1 Å². The molecule has 12 heteroatoms. The molecule has 2 aromatic carbocycles. The Bertz CT molecular complexity index is 1450. The number of carbonyl (C=O) groups is 2. The van der Waals surface area contributed by atoms with Crippen molar-refractivity contribution < 1.29 is 19.1 Å². The molecule has 0 bridgehead atoms. The second-order valence-corrected chi connectivity index (χ2v) is 11.9. The Hall–Kier alpha value is -3.08. The lowest BCUT2D eigenvalue weighted by atomic mass is 10.1. The van der Waals surface area contributed by atoms with Crippen LogP contribution in [0.25, 0.3) is 0 Å². The van der Waals surface area contributed by atoms with Crippen molar-refractivity contribution in [2.75, 3.05) is 38.3 Å². The summed E-state index contributed by atoms with van der Waals surface area (Å²) in [6.07, 6.45) is 3.40. The van der Waals surface area contributed by atoms with Crippen LogP contribution in [-0.2, 0) is 22.7 Å². The number of nitrogens with one attached hydrogen (secondary N) is 2. The lowest BCUT2D eigenvalue weighted by molar-refractivity contribution is -0.136. The first-order valence-electron chi connectivity index (χ1n) is 14.2. The van der Waals surface area contributed by atoms with Crippen molar-refractivity contribution in [3.63, 3.8) is 0 Å². The van der Waals surface area contributed by atoms with Crippen LogP contribution in [0.15, 0.2) is 48.7 Å². The van der Waals surface area contributed by atoms with Gasteiger partial charge >= 0.3 is 0 Å². The van der Waals surface area contributed by atoms with E-state index in [1.165, 1.54) is 4.90 Å². The van der Waals surface area contributed by atoms with Gasteiger partial charge in [-0.25, -0.2) is 4.98 Å². The maximum Gasteiger partial charge on any atom is 0.247 e. The summed E-state index contributed by atoms with van der Waals surface area (Å²) in [6, 6.07) is 12.2. The van der Waals surface area contributed by atoms with Crippen molar-refractivity contribution in [3.05, 3.63) is 80.4 Å². The topological polar surface area (TPSA) is 96.0 Å². The van der Waals surface area contributed by atoms with E-state index in [1.807, 2.05) is 37.1 Å². The van der Waals surface area contributed by atoms with Gasteiger partial charge in [-0.2, -0.15) is 0 Å². The van der Waals surface area contributed by atoms with Crippen LogP contribution in [-0.4, -0.2) is 67.1 Å². The molecule has 1 aliphatic carbocycles. The molecule has 0 unspecified atom stereocenters. The molecule has 228 valence electrons. The summed E-state index contributed by atoms with van der Waals surface area (Å²) in [5, 5.41) is 7.73. The number of benzene rings is 2. The molecule has 2 heterocycles. The summed E-state index contributed by atoms with van der Waals surface area (Å²) in [7, 11) is 1.89. The van der Waals surface area contributed by atoms with Crippen molar-refractivity contribution in [1.82, 2.24) is 20.5 Å². The van der Waals surface area contributed by atoms with Crippen LogP contribution in [0.5, 0.6) is 11.6 Å². The molecule has 0 radical (unpaired) electrons. The molecule has 3 aromatic rings. The van der Waals surface area contributed by atoms with Crippen molar-refractivity contribution >= 4 is 52.3 Å². The predicted octanol–water partition coefficient (Wildman–Crippen LogP) is 5.02. The molecule has 1 saturated carbocycles. The summed E-state index contributed by atoms with van der Waals surface area (Å²) in [5.41, 5.74) is 3.44. The zero-order valence-electron chi connectivity index (χ0n) is 24.0. The molecule has 9 nitrogen and oxygen atoms in total. The third-order valence-electron chi connectivity index (χ3n) is 7.30. The number of halogens is 3. The zero-order chi connectivity index (χ0) is 30.5. The Labute approximate surface area is 266 Å². The fraction of sp³-hybridized carbons (Fsp3) is 0.387. The van der Waals surface area contributed by atoms with E-state index in [0.717, 1.165) is 29.5 Å². The molecular formula is C31H34Cl3N5O4. The highest BCUT2D eigenvalue weighted by Gasteiger charge is 2.41. The van der Waals surface area contributed by atoms with Gasteiger partial charge in [-0.15, -0.1) is 0 Å². The van der Waals surface area contributed by atoms with Gasteiger partial charge < -0.3 is 25.0 Å². The molecule has 2 N–H and O–H groups in total. The van der Waals surface area contributed by atoms with E-state index in [-0.39, 0.29) is 37.6 Å². The van der Waals surface area contributed by atoms with E-state index in [1.54, 1.807) is 30.5 Å². The Kier molecular flexibility index (Phi) is 10.3. The van der Waals surface area contributed by atoms with Crippen LogP contribution in [0.3, 0.4) is 0 Å². The fourth-order valence-corrected chi connectivity index (χ4v) is 6.00. The van der Waals surface area contributed by atoms with E-state index in [2.05, 4.69) is 15.6 Å². The second kappa shape index (κ2) is 14.1. The molecule has 43 heavy (non-hydrogen) atoms. The number of ether oxygens (including phenoxy) is 2. The van der Waals surface area contributed by atoms with Crippen molar-refractivity contribution in [2.24, 2.45) is 0 Å². The lowest BCUT2D eigenvalue weighted by Crippen LogP contribution is -2.61. The minimum absolute atomic E-state index is 0.121. The fourth-order valence-electron chi connectivity index (χ4n) is 5.11. The highest BCUT2D eigenvalue weighted by Crippen LogP contribution is 2.34. The van der Waals surface area contributed by atoms with Gasteiger partial charge in [0.1, 0.15) is 19.3 Å². The maximum absolute atomic E-state index is 14.0. The smallest absolute Gasteiger partial charge is 0.247 e. The highest BCUT2D eigenvalue weighted by atomic mass is 35.5. The van der Waals surface area contributed by atoms with Crippen molar-refractivity contribution in [1.29, 1.82) is 0 Å². The molecule has 0 spiro atoms. The van der Waals surface area contributed by atoms with E-state index in [4.69, 9.17) is 44.3 Å². The minimum Gasteiger partial charge on any atom is -0.487 e. The molecule has 2 fully saturated rings. The Morgan fingerprint density at radius 2 is 1.81 bits per heavy atom. The van der Waals surface area contributed by atoms with Gasteiger partial charge in [0.2, 0.25) is 17.7 Å². The summed E-state index contributed by atoms with van der Waals surface area (Å²) in [5.74, 6) is 0.436. The number of nitrogens with zero attached hydrogens (tertiary/aromatic N) is 3. The number of hydrogen-bond acceptors (Lipinski definition) is 7. The number of aryl methyl sites for hydroxylation is 1. The monoisotopic (exact) mass is 645 g/mol. The largest absolute Gasteiger partial charge is 0.487 e. The summed E-state index contributed by atoms with van der Waals surface area (Å²) in [4.78, 5) is 34.9. The van der Waals surface area contributed by atoms with Crippen LogP contribution < -0.4 is 25.0 Å². The third kappa shape index (κ3) is 7.72. The number of hydrogen-bond donors (Lipinski definition) is 2. The highest BCUT2D eigenvalue weighted by molar-refractivity contribution is 6.37. The Morgan fingerprint density at radius 1 is 1.07 bits per heavy atom. The van der Waals surface area contributed by atoms with Gasteiger partial charge in [-0.05, 0) is 67.8 Å². The van der Waals surface area contributed by atoms with Gasteiger partial charge in [0.05, 0.1) is 28.5 Å². The van der Waals surface area contributed by atoms with Crippen molar-refractivity contribution in [3.8, 4) is 11.6 Å². The van der Waals surface area contributed by atoms with E-state index < -0.39 is 6.04 Å². The van der Waals surface area contributed by atoms with E-state index >= 15 is 0 Å². The van der Waals surface area contributed by atoms with E-state index in [0.29, 0.717) is 52.0 Å². The number of pyridine rings is 1. The molecule has 5 rings (SSSR count). The summed E-state index contributed by atoms with van der Waals surface area (Å²) >= 11 is 19.0. The maximum atomic E-state index is 14.0. The van der Waals surface area contributed by atoms with Gasteiger partial charge in [0.15, 0.2) is 5.75 Å². The molecular weight excluding hydrogens is 613 g/mol. The SMILES string of the molecule is CNCc1ccc(Cl)c(CN(C(=O)[C@H]2CNCC(=O)N2c2ccc(OCCOc3c(Cl)cc(C)cc3Cl)nc2)C2CC2)c1. The van der Waals surface area contributed by atoms with Gasteiger partial charge in [-0.3, -0.25) is 14.5 Å². The van der Waals surface area contributed by atoms with Gasteiger partial charge in [0.25, 0.3) is 0 Å². The first-order valence-corrected chi connectivity index (χ1v) is 15.3. The standard InChI is InChI=1S/C31H34Cl3N5O4/c1-19-11-25(33)30(26(34)12-19)43-10-9-42-28-8-6-23(15-37-28)39-27(16-36-17-29(39)40)31(41)38(22-4-5-22)18-21-13-20(14-35-2)3-7-24(21)32/h3,6-8,11-13,15,22,27,35-36H,4-5,9-10,14,16-18H2,1-2H3/t27-/m1/s1. The molecule has 1 aromatic heterocycles. The first kappa shape index (κ1) is 31.3. The van der Waals surface area contributed by atoms with E-state index in [9.17, 15) is 9.59 Å². The third-order valence-corrected chi connectivity index (χ3v) is 8.23. The number of carbonyl (C=O) groups excluding carboxylic acids is 2. The predicted molar refractivity (Wildman–Crippen MR) is 168 cm³/mol. The van der Waals surface area contributed by atoms with Crippen LogP contribution in [0.4, 0.5) is 5.69 Å². The Balaban J connectivity index is 1.25. The minimum atomic E-state index is -0.716. The average Bonchev–Trinajstić information content (AvgIpc) is 3.82. The number of aromatic nitrogens is 1. The van der Waals surface area contributed by atoms with Gasteiger partial charge in [-0.1, -0.05) is 46.9 Å². The number of rotatable bonds is 12. The lowest BCUT2D eigenvalue weighted by Gasteiger charge is -2.38.